The predicted octanol–water partition coefficient (Wildman–Crippen LogP) is 0.262. The molecule has 0 amide bonds. The molecule has 0 saturated carbocycles. The molecule has 0 bridgehead atoms. The minimum Gasteiger partial charge on any atom is -0.0817 e. The first-order chi connectivity index (χ1) is 3.97. The molecule has 0 spiro atoms. The van der Waals surface area contributed by atoms with E-state index in [2.05, 4.69) is 24.3 Å². The smallest absolute Gasteiger partial charge is 0.0817 e. The summed E-state index contributed by atoms with van der Waals surface area (Å²) in [5.41, 5.74) is 3.10. The van der Waals surface area contributed by atoms with E-state index in [9.17, 15) is 0 Å². The third kappa shape index (κ3) is 0.415. The van der Waals surface area contributed by atoms with E-state index in [1.807, 2.05) is 0 Å². The van der Waals surface area contributed by atoms with Crippen LogP contribution in [0.5, 0.6) is 0 Å². The minimum absolute atomic E-state index is 1.30. The Hall–Kier alpha value is -0.715. The Kier molecular flexibility index (Phi) is 0.722. The fourth-order valence-corrected chi connectivity index (χ4v) is 1.14. The van der Waals surface area contributed by atoms with Crippen molar-refractivity contribution in [1.29, 1.82) is 0 Å². The highest BCUT2D eigenvalue weighted by molar-refractivity contribution is 6.58. The molecule has 0 fully saturated rings. The molecule has 1 heteroatoms. The Balaban J connectivity index is 2.62. The van der Waals surface area contributed by atoms with E-state index in [0.717, 1.165) is 0 Å². The monoisotopic (exact) mass is 102 g/mol. The van der Waals surface area contributed by atoms with E-state index in [-0.39, 0.29) is 0 Å². The zero-order valence-electron chi connectivity index (χ0n) is 4.72. The van der Waals surface area contributed by atoms with Crippen LogP contribution in [-0.4, -0.2) is 7.28 Å². The Morgan fingerprint density at radius 2 is 2.12 bits per heavy atom. The largest absolute Gasteiger partial charge is 0.162 e. The molecule has 1 aromatic carbocycles. The highest BCUT2D eigenvalue weighted by Crippen LogP contribution is 2.03. The molecule has 1 aliphatic rings. The van der Waals surface area contributed by atoms with Gasteiger partial charge in [0.25, 0.3) is 0 Å². The number of benzene rings is 1. The minimum atomic E-state index is 1.30. The van der Waals surface area contributed by atoms with Gasteiger partial charge in [-0.25, -0.2) is 0 Å². The van der Waals surface area contributed by atoms with Crippen LogP contribution in [0.4, 0.5) is 0 Å². The lowest BCUT2D eigenvalue weighted by molar-refractivity contribution is 1.36. The second-order valence-corrected chi connectivity index (χ2v) is 2.27. The molecule has 0 unspecified atom stereocenters. The van der Waals surface area contributed by atoms with Crippen molar-refractivity contribution in [1.82, 2.24) is 0 Å². The van der Waals surface area contributed by atoms with Gasteiger partial charge >= 0.3 is 0 Å². The van der Waals surface area contributed by atoms with Crippen LogP contribution in [0, 0.1) is 0 Å². The van der Waals surface area contributed by atoms with E-state index in [0.29, 0.717) is 0 Å². The molecule has 0 N–H and O–H groups in total. The Bertz CT molecular complexity index is 182. The third-order valence-corrected chi connectivity index (χ3v) is 1.78. The van der Waals surface area contributed by atoms with Gasteiger partial charge in [-0.1, -0.05) is 35.3 Å². The first kappa shape index (κ1) is 4.19. The molecule has 0 nitrogen and oxygen atoms in total. The van der Waals surface area contributed by atoms with E-state index in [1.165, 1.54) is 13.6 Å². The Morgan fingerprint density at radius 1 is 1.25 bits per heavy atom. The molecule has 38 valence electrons. The van der Waals surface area contributed by atoms with Gasteiger partial charge in [0, 0.05) is 0 Å². The van der Waals surface area contributed by atoms with Crippen molar-refractivity contribution >= 4 is 12.7 Å². The van der Waals surface area contributed by atoms with Crippen LogP contribution < -0.4 is 5.46 Å². The van der Waals surface area contributed by atoms with Crippen molar-refractivity contribution in [2.75, 3.05) is 0 Å². The zero-order chi connectivity index (χ0) is 5.40. The van der Waals surface area contributed by atoms with Crippen LogP contribution in [0.15, 0.2) is 24.3 Å². The van der Waals surface area contributed by atoms with Gasteiger partial charge in [0.15, 0.2) is 7.28 Å². The van der Waals surface area contributed by atoms with Gasteiger partial charge in [0.2, 0.25) is 0 Å². The molecule has 0 aliphatic carbocycles. The molecule has 1 heterocycles. The topological polar surface area (TPSA) is 0 Å². The van der Waals surface area contributed by atoms with Crippen molar-refractivity contribution < 1.29 is 0 Å². The molecule has 0 radical (unpaired) electrons. The lowest BCUT2D eigenvalue weighted by atomic mass is 9.53. The highest BCUT2D eigenvalue weighted by atomic mass is 14.0. The van der Waals surface area contributed by atoms with E-state index in [1.54, 1.807) is 11.0 Å². The lowest BCUT2D eigenvalue weighted by Crippen LogP contribution is -2.32. The number of hydrogen-bond donors (Lipinski definition) is 0. The van der Waals surface area contributed by atoms with Crippen molar-refractivity contribution in [3.05, 3.63) is 29.8 Å². The summed E-state index contributed by atoms with van der Waals surface area (Å²) >= 11 is 0. The standard InChI is InChI=1S/C7H7B/c1-2-4-7-6(3-1)5-8-7/h1-4,8H,5H2. The van der Waals surface area contributed by atoms with Gasteiger partial charge in [-0.15, -0.1) is 0 Å². The molecule has 0 aromatic heterocycles. The molecule has 0 saturated heterocycles. The Morgan fingerprint density at radius 3 is 2.50 bits per heavy atom. The van der Waals surface area contributed by atoms with Gasteiger partial charge in [-0.05, 0) is 6.32 Å². The third-order valence-electron chi connectivity index (χ3n) is 1.78. The first-order valence-electron chi connectivity index (χ1n) is 3.03. The number of rotatable bonds is 0. The van der Waals surface area contributed by atoms with Gasteiger partial charge in [-0.3, -0.25) is 0 Å². The maximum atomic E-state index is 2.21. The van der Waals surface area contributed by atoms with Crippen LogP contribution in [0.1, 0.15) is 5.56 Å². The van der Waals surface area contributed by atoms with Crippen LogP contribution in [-0.2, 0) is 6.32 Å². The molecule has 8 heavy (non-hydrogen) atoms. The summed E-state index contributed by atoms with van der Waals surface area (Å²) in [6.45, 7) is 0. The summed E-state index contributed by atoms with van der Waals surface area (Å²) in [7, 11) is 1.30. The van der Waals surface area contributed by atoms with Crippen LogP contribution >= 0.6 is 0 Å². The van der Waals surface area contributed by atoms with Crippen molar-refractivity contribution in [2.45, 2.75) is 6.32 Å². The summed E-state index contributed by atoms with van der Waals surface area (Å²) in [5.74, 6) is 0. The van der Waals surface area contributed by atoms with Crippen molar-refractivity contribution in [3.63, 3.8) is 0 Å². The average molecular weight is 102 g/mol. The molecule has 1 aliphatic heterocycles. The normalized spacial score (nSPS) is 13.5. The van der Waals surface area contributed by atoms with Gasteiger partial charge < -0.3 is 0 Å². The SMILES string of the molecule is B1Cc2ccccc21. The second-order valence-electron chi connectivity index (χ2n) is 2.27. The van der Waals surface area contributed by atoms with Crippen molar-refractivity contribution in [2.24, 2.45) is 0 Å². The molecule has 1 aromatic rings. The zero-order valence-corrected chi connectivity index (χ0v) is 4.72. The van der Waals surface area contributed by atoms with E-state index in [4.69, 9.17) is 0 Å². The predicted molar refractivity (Wildman–Crippen MR) is 36.9 cm³/mol. The van der Waals surface area contributed by atoms with Gasteiger partial charge in [0.05, 0.1) is 0 Å². The van der Waals surface area contributed by atoms with Crippen LogP contribution in [0.2, 0.25) is 0 Å². The summed E-state index contributed by atoms with van der Waals surface area (Å²) in [6.07, 6.45) is 1.30. The molecular formula is C7H7B. The van der Waals surface area contributed by atoms with E-state index >= 15 is 0 Å². The quantitative estimate of drug-likeness (QED) is 0.412. The summed E-state index contributed by atoms with van der Waals surface area (Å²) in [5, 5.41) is 0. The second kappa shape index (κ2) is 1.38. The fraction of sp³-hybridized carbons (Fsp3) is 0.143. The highest BCUT2D eigenvalue weighted by Gasteiger charge is 2.11. The van der Waals surface area contributed by atoms with Crippen molar-refractivity contribution in [3.8, 4) is 0 Å². The maximum Gasteiger partial charge on any atom is 0.162 e. The maximum absolute atomic E-state index is 2.21. The molecule has 0 atom stereocenters. The number of hydrogen-bond acceptors (Lipinski definition) is 0. The van der Waals surface area contributed by atoms with Crippen LogP contribution in [0.25, 0.3) is 0 Å². The number of fused-ring (bicyclic) bond motifs is 1. The summed E-state index contributed by atoms with van der Waals surface area (Å²) < 4.78 is 0. The lowest BCUT2D eigenvalue weighted by Gasteiger charge is -2.15. The fourth-order valence-electron chi connectivity index (χ4n) is 1.14. The van der Waals surface area contributed by atoms with E-state index < -0.39 is 0 Å². The van der Waals surface area contributed by atoms with Gasteiger partial charge in [-0.2, -0.15) is 0 Å². The van der Waals surface area contributed by atoms with Crippen LogP contribution in [0.3, 0.4) is 0 Å². The average Bonchev–Trinajstić information content (AvgIpc) is 1.72. The Labute approximate surface area is 49.8 Å². The van der Waals surface area contributed by atoms with Gasteiger partial charge in [0.1, 0.15) is 0 Å². The molecule has 2 rings (SSSR count). The first-order valence-corrected chi connectivity index (χ1v) is 3.03. The summed E-state index contributed by atoms with van der Waals surface area (Å²) in [6, 6.07) is 8.63. The summed E-state index contributed by atoms with van der Waals surface area (Å²) in [4.78, 5) is 0. The molecular weight excluding hydrogens is 94.9 g/mol.